The number of aliphatic hydroxyl groups is 2. The van der Waals surface area contributed by atoms with Crippen LogP contribution >= 0.6 is 7.82 Å². The van der Waals surface area contributed by atoms with Gasteiger partial charge in [-0.1, -0.05) is 0 Å². The molecule has 78 valence electrons. The van der Waals surface area contributed by atoms with Crippen molar-refractivity contribution in [2.24, 2.45) is 0 Å². The number of aliphatic hydroxyl groups excluding tert-OH is 2. The van der Waals surface area contributed by atoms with E-state index in [-0.39, 0.29) is 0 Å². The van der Waals surface area contributed by atoms with Crippen LogP contribution in [0.25, 0.3) is 0 Å². The Kier molecular flexibility index (Phi) is 4.69. The summed E-state index contributed by atoms with van der Waals surface area (Å²) in [4.78, 5) is 26.8. The summed E-state index contributed by atoms with van der Waals surface area (Å²) < 4.78 is 14.0. The average Bonchev–Trinajstić information content (AvgIpc) is 1.97. The van der Waals surface area contributed by atoms with E-state index < -0.39 is 32.4 Å². The molecule has 0 unspecified atom stereocenters. The van der Waals surface area contributed by atoms with Crippen LogP contribution in [-0.4, -0.2) is 44.6 Å². The normalized spacial score (nSPS) is 16.7. The van der Waals surface area contributed by atoms with Gasteiger partial charge in [-0.3, -0.25) is 9.32 Å². The fraction of sp³-hybridized carbons (Fsp3) is 0.800. The molecule has 0 aliphatic carbocycles. The van der Waals surface area contributed by atoms with E-state index in [1.165, 1.54) is 0 Å². The van der Waals surface area contributed by atoms with Gasteiger partial charge in [-0.2, -0.15) is 0 Å². The largest absolute Gasteiger partial charge is 0.469 e. The molecule has 7 nitrogen and oxygen atoms in total. The molecule has 0 radical (unpaired) electrons. The van der Waals surface area contributed by atoms with Crippen molar-refractivity contribution in [3.05, 3.63) is 0 Å². The van der Waals surface area contributed by atoms with Gasteiger partial charge in [0.05, 0.1) is 6.61 Å². The molecule has 0 spiro atoms. The van der Waals surface area contributed by atoms with Gasteiger partial charge >= 0.3 is 7.82 Å². The molecule has 0 aromatic heterocycles. The summed E-state index contributed by atoms with van der Waals surface area (Å²) in [6, 6.07) is 0. The molecule has 0 saturated carbocycles. The fourth-order valence-corrected chi connectivity index (χ4v) is 0.882. The van der Waals surface area contributed by atoms with Crippen LogP contribution in [0.5, 0.6) is 0 Å². The van der Waals surface area contributed by atoms with Crippen molar-refractivity contribution in [3.8, 4) is 0 Å². The number of carbonyl (C=O) groups is 1. The first-order valence-electron chi connectivity index (χ1n) is 3.30. The molecule has 0 aliphatic heterocycles. The van der Waals surface area contributed by atoms with Gasteiger partial charge in [0.15, 0.2) is 5.78 Å². The highest BCUT2D eigenvalue weighted by Gasteiger charge is 2.24. The van der Waals surface area contributed by atoms with Crippen LogP contribution in [0, 0.1) is 0 Å². The van der Waals surface area contributed by atoms with Crippen molar-refractivity contribution < 1.29 is 33.9 Å². The number of Topliss-reactive ketones (excluding diaryl/α,β-unsaturated/α-hetero) is 1. The lowest BCUT2D eigenvalue weighted by Crippen LogP contribution is -2.35. The lowest BCUT2D eigenvalue weighted by molar-refractivity contribution is -0.132. The number of hydrogen-bond donors (Lipinski definition) is 4. The van der Waals surface area contributed by atoms with Crippen molar-refractivity contribution in [1.82, 2.24) is 0 Å². The number of phosphoric ester groups is 1. The average molecular weight is 214 g/mol. The van der Waals surface area contributed by atoms with Crippen LogP contribution in [0.2, 0.25) is 0 Å². The number of ketones is 1. The van der Waals surface area contributed by atoms with Crippen LogP contribution in [0.3, 0.4) is 0 Å². The lowest BCUT2D eigenvalue weighted by Gasteiger charge is -2.15. The monoisotopic (exact) mass is 214 g/mol. The van der Waals surface area contributed by atoms with Crippen molar-refractivity contribution in [2.75, 3.05) is 6.61 Å². The summed E-state index contributed by atoms with van der Waals surface area (Å²) in [6.45, 7) is 0.233. The molecule has 0 aliphatic rings. The standard InChI is InChI=1S/C5H11O7P/c1-3(6)5(8)4(7)2-12-13(9,10)11/h4-5,7-8H,2H2,1H3,(H2,9,10,11)/t4-,5-/m0/s1. The topological polar surface area (TPSA) is 124 Å². The quantitative estimate of drug-likeness (QED) is 0.406. The van der Waals surface area contributed by atoms with Crippen molar-refractivity contribution in [2.45, 2.75) is 19.1 Å². The van der Waals surface area contributed by atoms with Gasteiger partial charge < -0.3 is 20.0 Å². The molecule has 13 heavy (non-hydrogen) atoms. The van der Waals surface area contributed by atoms with E-state index in [4.69, 9.17) is 20.0 Å². The highest BCUT2D eigenvalue weighted by molar-refractivity contribution is 7.46. The van der Waals surface area contributed by atoms with Gasteiger partial charge in [0, 0.05) is 0 Å². The van der Waals surface area contributed by atoms with E-state index in [1.807, 2.05) is 0 Å². The molecule has 8 heteroatoms. The third-order valence-electron chi connectivity index (χ3n) is 1.19. The smallest absolute Gasteiger partial charge is 0.388 e. The van der Waals surface area contributed by atoms with E-state index in [0.29, 0.717) is 0 Å². The zero-order chi connectivity index (χ0) is 10.6. The fourth-order valence-electron chi connectivity index (χ4n) is 0.536. The Bertz CT molecular complexity index is 221. The van der Waals surface area contributed by atoms with E-state index in [9.17, 15) is 9.36 Å². The first kappa shape index (κ1) is 12.7. The van der Waals surface area contributed by atoms with Crippen molar-refractivity contribution >= 4 is 13.6 Å². The molecule has 0 aromatic rings. The van der Waals surface area contributed by atoms with E-state index in [0.717, 1.165) is 6.92 Å². The van der Waals surface area contributed by atoms with Gasteiger partial charge in [0.2, 0.25) is 0 Å². The second-order valence-electron chi connectivity index (χ2n) is 2.41. The molecule has 0 amide bonds. The Morgan fingerprint density at radius 3 is 2.23 bits per heavy atom. The minimum Gasteiger partial charge on any atom is -0.388 e. The van der Waals surface area contributed by atoms with Crippen LogP contribution in [0.15, 0.2) is 0 Å². The summed E-state index contributed by atoms with van der Waals surface area (Å²) in [5, 5.41) is 17.8. The van der Waals surface area contributed by atoms with E-state index >= 15 is 0 Å². The number of rotatable bonds is 5. The van der Waals surface area contributed by atoms with E-state index in [1.54, 1.807) is 0 Å². The SMILES string of the molecule is CC(=O)[C@H](O)[C@@H](O)COP(=O)(O)O. The van der Waals surface area contributed by atoms with Crippen LogP contribution in [0.1, 0.15) is 6.92 Å². The predicted molar refractivity (Wildman–Crippen MR) is 40.7 cm³/mol. The number of phosphoric acid groups is 1. The third-order valence-corrected chi connectivity index (χ3v) is 1.68. The summed E-state index contributed by atoms with van der Waals surface area (Å²) in [5.74, 6) is -0.707. The molecule has 4 N–H and O–H groups in total. The maximum Gasteiger partial charge on any atom is 0.469 e. The molecule has 0 bridgehead atoms. The highest BCUT2D eigenvalue weighted by atomic mass is 31.2. The van der Waals surface area contributed by atoms with Crippen molar-refractivity contribution in [1.29, 1.82) is 0 Å². The zero-order valence-electron chi connectivity index (χ0n) is 6.82. The summed E-state index contributed by atoms with van der Waals surface area (Å²) in [6.07, 6.45) is -3.32. The maximum absolute atomic E-state index is 10.5. The second-order valence-corrected chi connectivity index (χ2v) is 3.65. The van der Waals surface area contributed by atoms with Gasteiger partial charge in [0.25, 0.3) is 0 Å². The summed E-state index contributed by atoms with van der Waals surface area (Å²) >= 11 is 0. The zero-order valence-corrected chi connectivity index (χ0v) is 7.72. The Balaban J connectivity index is 3.95. The predicted octanol–water partition coefficient (Wildman–Crippen LogP) is -1.59. The molecule has 0 rings (SSSR count). The third kappa shape index (κ3) is 5.87. The minimum atomic E-state index is -4.67. The van der Waals surface area contributed by atoms with Gasteiger partial charge in [-0.15, -0.1) is 0 Å². The summed E-state index contributed by atoms with van der Waals surface area (Å²) in [7, 11) is -4.67. The molecule has 0 heterocycles. The Morgan fingerprint density at radius 2 is 1.92 bits per heavy atom. The molecular formula is C5H11O7P. The molecule has 2 atom stereocenters. The number of hydrogen-bond acceptors (Lipinski definition) is 5. The Labute approximate surface area is 74.2 Å². The lowest BCUT2D eigenvalue weighted by atomic mass is 10.1. The molecule has 0 fully saturated rings. The van der Waals surface area contributed by atoms with Crippen LogP contribution in [-0.2, 0) is 13.9 Å². The van der Waals surface area contributed by atoms with Crippen LogP contribution in [0.4, 0.5) is 0 Å². The maximum atomic E-state index is 10.5. The second kappa shape index (κ2) is 4.80. The van der Waals surface area contributed by atoms with Gasteiger partial charge in [-0.25, -0.2) is 4.57 Å². The Hall–Kier alpha value is -0.300. The Morgan fingerprint density at radius 1 is 1.46 bits per heavy atom. The number of carbonyl (C=O) groups excluding carboxylic acids is 1. The minimum absolute atomic E-state index is 0.707. The first-order chi connectivity index (χ1) is 5.74. The van der Waals surface area contributed by atoms with E-state index in [2.05, 4.69) is 4.52 Å². The molecule has 0 aromatic carbocycles. The van der Waals surface area contributed by atoms with Gasteiger partial charge in [-0.05, 0) is 6.92 Å². The first-order valence-corrected chi connectivity index (χ1v) is 4.83. The molecule has 0 saturated heterocycles. The van der Waals surface area contributed by atoms with Crippen LogP contribution < -0.4 is 0 Å². The molecular weight excluding hydrogens is 203 g/mol. The highest BCUT2D eigenvalue weighted by Crippen LogP contribution is 2.35. The van der Waals surface area contributed by atoms with Gasteiger partial charge in [0.1, 0.15) is 12.2 Å². The van der Waals surface area contributed by atoms with Crippen molar-refractivity contribution in [3.63, 3.8) is 0 Å². The summed E-state index contributed by atoms with van der Waals surface area (Å²) in [5.41, 5.74) is 0.